The minimum absolute atomic E-state index is 0. The van der Waals surface area contributed by atoms with Gasteiger partial charge in [-0.15, -0.1) is 0 Å². The summed E-state index contributed by atoms with van der Waals surface area (Å²) in [6.07, 6.45) is 0. The fourth-order valence-corrected chi connectivity index (χ4v) is 0. The second kappa shape index (κ2) is 8.94. The van der Waals surface area contributed by atoms with Gasteiger partial charge in [0.2, 0.25) is 0 Å². The van der Waals surface area contributed by atoms with Crippen LogP contribution in [0.2, 0.25) is 0 Å². The van der Waals surface area contributed by atoms with Crippen molar-refractivity contribution in [2.75, 3.05) is 0 Å². The average molecular weight is 117 g/mol. The van der Waals surface area contributed by atoms with Gasteiger partial charge in [-0.25, -0.2) is 0 Å². The van der Waals surface area contributed by atoms with Crippen molar-refractivity contribution < 1.29 is 51.4 Å². The first-order valence-electron chi connectivity index (χ1n) is 0.458. The SMILES string of the molecule is [K+].[P-]=NP. The minimum atomic E-state index is 0. The Hall–Kier alpha value is 2.17. The van der Waals surface area contributed by atoms with Crippen molar-refractivity contribution in [3.05, 3.63) is 0 Å². The van der Waals surface area contributed by atoms with Gasteiger partial charge in [-0.3, -0.25) is 0 Å². The molecule has 4 heavy (non-hydrogen) atoms. The third-order valence-electron chi connectivity index (χ3n) is 0. The molecule has 0 saturated heterocycles. The first-order valence-corrected chi connectivity index (χ1v) is 1.37. The Labute approximate surface area is 72.9 Å². The molecule has 4 heteroatoms. The van der Waals surface area contributed by atoms with E-state index in [-0.39, 0.29) is 51.4 Å². The van der Waals surface area contributed by atoms with Crippen LogP contribution in [-0.2, 0) is 0 Å². The first-order chi connectivity index (χ1) is 1.41. The van der Waals surface area contributed by atoms with Crippen LogP contribution in [0.25, 0.3) is 0 Å². The van der Waals surface area contributed by atoms with Gasteiger partial charge in [-0.2, -0.15) is 0 Å². The number of rotatable bonds is 0. The summed E-state index contributed by atoms with van der Waals surface area (Å²) in [5, 5.41) is 0. The Bertz CT molecular complexity index is 13.5. The van der Waals surface area contributed by atoms with Gasteiger partial charge in [0, 0.05) is 0 Å². The number of nitrogens with zero attached hydrogens (tertiary/aromatic N) is 1. The predicted molar refractivity (Wildman–Crippen MR) is 19.1 cm³/mol. The zero-order valence-corrected chi connectivity index (χ0v) is 7.64. The third kappa shape index (κ3) is 8.90. The van der Waals surface area contributed by atoms with Crippen molar-refractivity contribution in [2.45, 2.75) is 0 Å². The average Bonchev–Trinajstić information content (AvgIpc) is 0.918. The number of hydrogen-bond acceptors (Lipinski definition) is 1. The van der Waals surface area contributed by atoms with Crippen LogP contribution < -0.4 is 51.4 Å². The Kier molecular flexibility index (Phi) is 21.2. The third-order valence-corrected chi connectivity index (χ3v) is 0. The normalized spacial score (nSPS) is 3.25. The van der Waals surface area contributed by atoms with Crippen molar-refractivity contribution in [3.8, 4) is 0 Å². The Balaban J connectivity index is 0. The van der Waals surface area contributed by atoms with E-state index in [1.807, 2.05) is 0 Å². The van der Waals surface area contributed by atoms with Gasteiger partial charge in [-0.1, -0.05) is 9.39 Å². The summed E-state index contributed by atoms with van der Waals surface area (Å²) in [7, 11) is 5.44. The molecule has 1 nitrogen and oxygen atoms in total. The van der Waals surface area contributed by atoms with E-state index >= 15 is 0 Å². The molecule has 0 aromatic heterocycles. The second-order valence-corrected chi connectivity index (χ2v) is 1.04. The van der Waals surface area contributed by atoms with Gasteiger partial charge >= 0.3 is 51.4 Å². The fraction of sp³-hybridized carbons (Fsp3) is 0. The van der Waals surface area contributed by atoms with Crippen LogP contribution in [-0.4, -0.2) is 0 Å². The molecule has 0 bridgehead atoms. The minimum Gasteiger partial charge on any atom is -0.606 e. The van der Waals surface area contributed by atoms with Gasteiger partial charge in [0.1, 0.15) is 0 Å². The van der Waals surface area contributed by atoms with Crippen LogP contribution >= 0.6 is 18.4 Å². The Morgan fingerprint density at radius 1 is 1.75 bits per heavy atom. The maximum atomic E-state index is 3.38. The van der Waals surface area contributed by atoms with Gasteiger partial charge in [0.25, 0.3) is 0 Å². The molecule has 0 saturated carbocycles. The molecule has 18 valence electrons. The van der Waals surface area contributed by atoms with E-state index in [1.165, 1.54) is 0 Å². The maximum Gasteiger partial charge on any atom is 1.00 e. The van der Waals surface area contributed by atoms with Crippen LogP contribution in [0.1, 0.15) is 0 Å². The topological polar surface area (TPSA) is 12.4 Å². The molecular formula is H2KNP2. The molecule has 0 rings (SSSR count). The molecule has 0 aliphatic rings. The molecule has 0 fully saturated rings. The largest absolute Gasteiger partial charge is 1.00 e. The molecule has 0 amide bonds. The zero-order valence-electron chi connectivity index (χ0n) is 2.47. The van der Waals surface area contributed by atoms with Gasteiger partial charge in [0.15, 0.2) is 0 Å². The molecule has 0 radical (unpaired) electrons. The molecule has 0 aliphatic carbocycles. The first kappa shape index (κ1) is 9.48. The molecule has 1 unspecified atom stereocenters. The monoisotopic (exact) mass is 117 g/mol. The molecular weight excluding hydrogens is 115 g/mol. The zero-order chi connectivity index (χ0) is 2.71. The van der Waals surface area contributed by atoms with Crippen molar-refractivity contribution in [2.24, 2.45) is 4.52 Å². The summed E-state index contributed by atoms with van der Waals surface area (Å²) in [5.41, 5.74) is 0. The van der Waals surface area contributed by atoms with Crippen molar-refractivity contribution >= 4 is 18.4 Å². The van der Waals surface area contributed by atoms with E-state index in [4.69, 9.17) is 0 Å². The van der Waals surface area contributed by atoms with E-state index in [9.17, 15) is 0 Å². The molecule has 0 aromatic carbocycles. The van der Waals surface area contributed by atoms with E-state index in [0.29, 0.717) is 0 Å². The molecule has 0 spiro atoms. The fourth-order valence-electron chi connectivity index (χ4n) is 0. The summed E-state index contributed by atoms with van der Waals surface area (Å²) in [6.45, 7) is 0. The maximum absolute atomic E-state index is 3.38. The van der Waals surface area contributed by atoms with Crippen LogP contribution in [0.3, 0.4) is 0 Å². The van der Waals surface area contributed by atoms with E-state index in [1.54, 1.807) is 0 Å². The van der Waals surface area contributed by atoms with Crippen LogP contribution in [0.5, 0.6) is 0 Å². The number of hydrogen-bond donors (Lipinski definition) is 0. The molecule has 1 atom stereocenters. The van der Waals surface area contributed by atoms with E-state index < -0.39 is 0 Å². The molecule has 0 heterocycles. The predicted octanol–water partition coefficient (Wildman–Crippen LogP) is -1.63. The summed E-state index contributed by atoms with van der Waals surface area (Å²) < 4.78 is 3.11. The van der Waals surface area contributed by atoms with Crippen molar-refractivity contribution in [3.63, 3.8) is 0 Å². The standard InChI is InChI=1S/K.H2NP2/c;2-1-3/h;2H2/q+1;-1. The summed E-state index contributed by atoms with van der Waals surface area (Å²) in [5.74, 6) is 0. The van der Waals surface area contributed by atoms with E-state index in [0.717, 1.165) is 0 Å². The van der Waals surface area contributed by atoms with Crippen LogP contribution in [0, 0.1) is 0 Å². The van der Waals surface area contributed by atoms with Gasteiger partial charge in [0.05, 0.1) is 0 Å². The van der Waals surface area contributed by atoms with Gasteiger partial charge in [-0.05, 0) is 0 Å². The smallest absolute Gasteiger partial charge is 0.606 e. The summed E-state index contributed by atoms with van der Waals surface area (Å²) in [4.78, 5) is 0. The quantitative estimate of drug-likeness (QED) is 0.267. The summed E-state index contributed by atoms with van der Waals surface area (Å²) >= 11 is 0. The van der Waals surface area contributed by atoms with Crippen LogP contribution in [0.15, 0.2) is 4.52 Å². The Morgan fingerprint density at radius 3 is 1.75 bits per heavy atom. The van der Waals surface area contributed by atoms with Crippen LogP contribution in [0.4, 0.5) is 0 Å². The molecule has 0 aliphatic heterocycles. The molecule has 0 aromatic rings. The van der Waals surface area contributed by atoms with E-state index in [2.05, 4.69) is 22.9 Å². The molecule has 0 N–H and O–H groups in total. The summed E-state index contributed by atoms with van der Waals surface area (Å²) in [6, 6.07) is 0. The van der Waals surface area contributed by atoms with Crippen molar-refractivity contribution in [1.82, 2.24) is 0 Å². The Morgan fingerprint density at radius 2 is 1.75 bits per heavy atom. The van der Waals surface area contributed by atoms with Gasteiger partial charge < -0.3 is 13.5 Å². The van der Waals surface area contributed by atoms with Crippen molar-refractivity contribution in [1.29, 1.82) is 0 Å². The second-order valence-electron chi connectivity index (χ2n) is 0.115.